The minimum atomic E-state index is -1.65. The Hall–Kier alpha value is -2.32. The highest BCUT2D eigenvalue weighted by atomic mass is 28.3. The molecule has 0 amide bonds. The first kappa shape index (κ1) is 20.4. The molecule has 3 rings (SSSR count). The molecule has 1 aromatic carbocycles. The van der Waals surface area contributed by atoms with Crippen molar-refractivity contribution >= 4 is 13.8 Å². The molecule has 1 fully saturated rings. The van der Waals surface area contributed by atoms with E-state index in [1.54, 1.807) is 18.3 Å². The quantitative estimate of drug-likeness (QED) is 0.374. The SMILES string of the molecule is Cc1ccc([N+](=O)[O-])cc1-c1cnc(OCC[Si](C)(C)C)c(C2(F)COC2)c1. The number of non-ortho nitro benzene ring substituents is 1. The summed E-state index contributed by atoms with van der Waals surface area (Å²) >= 11 is 0. The van der Waals surface area contributed by atoms with Crippen LogP contribution in [0.2, 0.25) is 25.7 Å². The fourth-order valence-electron chi connectivity index (χ4n) is 2.96. The second kappa shape index (κ2) is 7.60. The summed E-state index contributed by atoms with van der Waals surface area (Å²) in [4.78, 5) is 15.1. The molecule has 0 radical (unpaired) electrons. The number of aryl methyl sites for hydroxylation is 1. The summed E-state index contributed by atoms with van der Waals surface area (Å²) in [6, 6.07) is 7.26. The van der Waals surface area contributed by atoms with Gasteiger partial charge >= 0.3 is 0 Å². The van der Waals surface area contributed by atoms with Gasteiger partial charge in [-0.3, -0.25) is 10.1 Å². The Morgan fingerprint density at radius 3 is 2.61 bits per heavy atom. The molecule has 150 valence electrons. The number of aromatic nitrogens is 1. The second-order valence-electron chi connectivity index (χ2n) is 8.45. The molecule has 0 N–H and O–H groups in total. The number of hydrogen-bond acceptors (Lipinski definition) is 5. The van der Waals surface area contributed by atoms with Crippen molar-refractivity contribution in [2.75, 3.05) is 19.8 Å². The predicted octanol–water partition coefficient (Wildman–Crippen LogP) is 4.88. The number of nitrogens with zero attached hydrogens (tertiary/aromatic N) is 2. The van der Waals surface area contributed by atoms with E-state index in [2.05, 4.69) is 24.6 Å². The Bertz CT molecular complexity index is 894. The van der Waals surface area contributed by atoms with Crippen LogP contribution in [0, 0.1) is 17.0 Å². The summed E-state index contributed by atoms with van der Waals surface area (Å²) in [6.45, 7) is 8.99. The van der Waals surface area contributed by atoms with Gasteiger partial charge in [-0.05, 0) is 30.2 Å². The summed E-state index contributed by atoms with van der Waals surface area (Å²) in [5.41, 5.74) is 0.811. The first-order valence-electron chi connectivity index (χ1n) is 9.24. The Labute approximate surface area is 164 Å². The van der Waals surface area contributed by atoms with Gasteiger partial charge in [-0.1, -0.05) is 25.7 Å². The van der Waals surface area contributed by atoms with E-state index in [9.17, 15) is 10.1 Å². The third kappa shape index (κ3) is 4.39. The largest absolute Gasteiger partial charge is 0.478 e. The number of nitro groups is 1. The van der Waals surface area contributed by atoms with E-state index in [4.69, 9.17) is 9.47 Å². The highest BCUT2D eigenvalue weighted by Crippen LogP contribution is 2.41. The van der Waals surface area contributed by atoms with Gasteiger partial charge in [-0.2, -0.15) is 0 Å². The topological polar surface area (TPSA) is 74.5 Å². The third-order valence-electron chi connectivity index (χ3n) is 4.83. The van der Waals surface area contributed by atoms with Crippen LogP contribution in [0.3, 0.4) is 0 Å². The molecule has 1 aliphatic rings. The van der Waals surface area contributed by atoms with Gasteiger partial charge in [-0.15, -0.1) is 0 Å². The van der Waals surface area contributed by atoms with Crippen LogP contribution in [-0.2, 0) is 10.4 Å². The fourth-order valence-corrected chi connectivity index (χ4v) is 3.68. The molecular weight excluding hydrogens is 379 g/mol. The van der Waals surface area contributed by atoms with Gasteiger partial charge in [0.25, 0.3) is 5.69 Å². The molecule has 0 unspecified atom stereocenters. The van der Waals surface area contributed by atoms with Gasteiger partial charge in [-0.25, -0.2) is 9.37 Å². The average molecular weight is 405 g/mol. The standard InChI is InChI=1S/C20H25FN2O4Si/c1-14-5-6-16(23(24)25)10-17(14)15-9-18(20(21)12-26-13-20)19(22-11-15)27-7-8-28(2,3)4/h5-6,9-11H,7-8,12-13H2,1-4H3. The molecule has 6 nitrogen and oxygen atoms in total. The van der Waals surface area contributed by atoms with Crippen molar-refractivity contribution in [2.45, 2.75) is 38.3 Å². The van der Waals surface area contributed by atoms with E-state index in [1.807, 2.05) is 6.92 Å². The van der Waals surface area contributed by atoms with Gasteiger partial charge in [0.15, 0.2) is 5.67 Å². The van der Waals surface area contributed by atoms with E-state index in [-0.39, 0.29) is 24.8 Å². The molecule has 2 heterocycles. The lowest BCUT2D eigenvalue weighted by Gasteiger charge is -2.35. The molecule has 2 aromatic rings. The van der Waals surface area contributed by atoms with Crippen molar-refractivity contribution in [2.24, 2.45) is 0 Å². The van der Waals surface area contributed by atoms with E-state index in [0.29, 0.717) is 23.3 Å². The predicted molar refractivity (Wildman–Crippen MR) is 108 cm³/mol. The molecule has 8 heteroatoms. The normalized spacial score (nSPS) is 15.8. The molecule has 0 saturated carbocycles. The Kier molecular flexibility index (Phi) is 5.54. The van der Waals surface area contributed by atoms with Crippen molar-refractivity contribution in [3.05, 3.63) is 51.7 Å². The lowest BCUT2D eigenvalue weighted by atomic mass is 9.91. The van der Waals surface area contributed by atoms with Crippen molar-refractivity contribution in [3.8, 4) is 17.0 Å². The monoisotopic (exact) mass is 404 g/mol. The van der Waals surface area contributed by atoms with Crippen LogP contribution in [0.15, 0.2) is 30.5 Å². The lowest BCUT2D eigenvalue weighted by Crippen LogP contribution is -2.43. The Balaban J connectivity index is 1.98. The van der Waals surface area contributed by atoms with Crippen molar-refractivity contribution in [1.29, 1.82) is 0 Å². The first-order valence-corrected chi connectivity index (χ1v) is 13.0. The highest BCUT2D eigenvalue weighted by molar-refractivity contribution is 6.76. The van der Waals surface area contributed by atoms with Crippen LogP contribution in [-0.4, -0.2) is 37.8 Å². The number of hydrogen-bond donors (Lipinski definition) is 0. The fraction of sp³-hybridized carbons (Fsp3) is 0.450. The summed E-state index contributed by atoms with van der Waals surface area (Å²) in [6.07, 6.45) is 1.59. The Morgan fingerprint density at radius 2 is 2.04 bits per heavy atom. The smallest absolute Gasteiger partial charge is 0.270 e. The molecule has 0 atom stereocenters. The third-order valence-corrected chi connectivity index (χ3v) is 6.53. The minimum Gasteiger partial charge on any atom is -0.478 e. The minimum absolute atomic E-state index is 0.0143. The molecule has 1 saturated heterocycles. The second-order valence-corrected chi connectivity index (χ2v) is 14.1. The molecule has 28 heavy (non-hydrogen) atoms. The highest BCUT2D eigenvalue weighted by Gasteiger charge is 2.44. The number of pyridine rings is 1. The number of alkyl halides is 1. The van der Waals surface area contributed by atoms with E-state index >= 15 is 4.39 Å². The van der Waals surface area contributed by atoms with E-state index in [1.165, 1.54) is 12.1 Å². The number of nitro benzene ring substituents is 1. The maximum absolute atomic E-state index is 15.2. The van der Waals surface area contributed by atoms with Gasteiger partial charge in [0.2, 0.25) is 5.88 Å². The van der Waals surface area contributed by atoms with Crippen LogP contribution in [0.25, 0.3) is 11.1 Å². The number of rotatable bonds is 7. The Morgan fingerprint density at radius 1 is 1.32 bits per heavy atom. The first-order chi connectivity index (χ1) is 13.1. The summed E-state index contributed by atoms with van der Waals surface area (Å²) in [7, 11) is -1.29. The van der Waals surface area contributed by atoms with Crippen LogP contribution in [0.1, 0.15) is 11.1 Å². The van der Waals surface area contributed by atoms with Crippen LogP contribution in [0.5, 0.6) is 5.88 Å². The van der Waals surface area contributed by atoms with Crippen molar-refractivity contribution in [3.63, 3.8) is 0 Å². The molecule has 0 spiro atoms. The van der Waals surface area contributed by atoms with Gasteiger partial charge in [0.1, 0.15) is 0 Å². The van der Waals surface area contributed by atoms with Gasteiger partial charge in [0, 0.05) is 32.0 Å². The number of halogens is 1. The van der Waals surface area contributed by atoms with Crippen LogP contribution in [0.4, 0.5) is 10.1 Å². The molecular formula is C20H25FN2O4Si. The van der Waals surface area contributed by atoms with Crippen LogP contribution < -0.4 is 4.74 Å². The summed E-state index contributed by atoms with van der Waals surface area (Å²) in [5, 5.41) is 11.1. The number of ether oxygens (including phenoxy) is 2. The van der Waals surface area contributed by atoms with Gasteiger partial charge < -0.3 is 9.47 Å². The molecule has 0 bridgehead atoms. The lowest BCUT2D eigenvalue weighted by molar-refractivity contribution is -0.384. The molecule has 0 aliphatic carbocycles. The van der Waals surface area contributed by atoms with Crippen molar-refractivity contribution < 1.29 is 18.8 Å². The summed E-state index contributed by atoms with van der Waals surface area (Å²) in [5.74, 6) is 0.274. The zero-order valence-electron chi connectivity index (χ0n) is 16.6. The van der Waals surface area contributed by atoms with Gasteiger partial charge in [0.05, 0.1) is 30.3 Å². The summed E-state index contributed by atoms with van der Waals surface area (Å²) < 4.78 is 26.1. The van der Waals surface area contributed by atoms with Crippen molar-refractivity contribution in [1.82, 2.24) is 4.98 Å². The zero-order valence-corrected chi connectivity index (χ0v) is 17.6. The number of benzene rings is 1. The molecule has 1 aromatic heterocycles. The maximum atomic E-state index is 15.2. The zero-order chi connectivity index (χ0) is 20.5. The van der Waals surface area contributed by atoms with Crippen LogP contribution >= 0.6 is 0 Å². The van der Waals surface area contributed by atoms with E-state index in [0.717, 1.165) is 11.6 Å². The average Bonchev–Trinajstić information content (AvgIpc) is 2.59. The maximum Gasteiger partial charge on any atom is 0.270 e. The van der Waals surface area contributed by atoms with E-state index < -0.39 is 18.7 Å². The molecule has 1 aliphatic heterocycles.